The SMILES string of the molecule is CCOc1ccc(C(C)NC(=O)C2CCN(S(=O)(=O)c3cc([N+](=O)[O-])ccc3C)CC2)cc1. The minimum Gasteiger partial charge on any atom is -0.494 e. The molecule has 1 aliphatic rings. The fraction of sp³-hybridized carbons (Fsp3) is 0.435. The maximum absolute atomic E-state index is 13.1. The normalized spacial score (nSPS) is 16.2. The zero-order chi connectivity index (χ0) is 24.2. The van der Waals surface area contributed by atoms with Gasteiger partial charge in [-0.15, -0.1) is 0 Å². The lowest BCUT2D eigenvalue weighted by Crippen LogP contribution is -2.43. The average Bonchev–Trinajstić information content (AvgIpc) is 2.79. The first-order valence-electron chi connectivity index (χ1n) is 10.9. The molecule has 10 heteroatoms. The van der Waals surface area contributed by atoms with Crippen LogP contribution in [0.3, 0.4) is 0 Å². The number of hydrogen-bond acceptors (Lipinski definition) is 6. The summed E-state index contributed by atoms with van der Waals surface area (Å²) in [5.74, 6) is 0.361. The summed E-state index contributed by atoms with van der Waals surface area (Å²) in [7, 11) is -3.89. The van der Waals surface area contributed by atoms with Gasteiger partial charge in [0.2, 0.25) is 15.9 Å². The van der Waals surface area contributed by atoms with Crippen molar-refractivity contribution < 1.29 is 22.9 Å². The van der Waals surface area contributed by atoms with Gasteiger partial charge in [0, 0.05) is 31.1 Å². The molecule has 2 aromatic rings. The summed E-state index contributed by atoms with van der Waals surface area (Å²) in [5.41, 5.74) is 1.13. The average molecular weight is 476 g/mol. The molecule has 1 atom stereocenters. The smallest absolute Gasteiger partial charge is 0.270 e. The number of carbonyl (C=O) groups excluding carboxylic acids is 1. The van der Waals surface area contributed by atoms with E-state index < -0.39 is 14.9 Å². The van der Waals surface area contributed by atoms with E-state index in [0.29, 0.717) is 25.0 Å². The molecule has 0 aliphatic carbocycles. The molecule has 0 bridgehead atoms. The highest BCUT2D eigenvalue weighted by Crippen LogP contribution is 2.29. The van der Waals surface area contributed by atoms with Crippen molar-refractivity contribution >= 4 is 21.6 Å². The molecule has 1 amide bonds. The van der Waals surface area contributed by atoms with Gasteiger partial charge in [0.25, 0.3) is 5.69 Å². The molecule has 1 unspecified atom stereocenters. The van der Waals surface area contributed by atoms with Crippen LogP contribution in [0, 0.1) is 23.0 Å². The fourth-order valence-corrected chi connectivity index (χ4v) is 5.63. The van der Waals surface area contributed by atoms with Crippen molar-refractivity contribution in [1.82, 2.24) is 9.62 Å². The Morgan fingerprint density at radius 3 is 2.42 bits per heavy atom. The van der Waals surface area contributed by atoms with E-state index in [0.717, 1.165) is 17.4 Å². The van der Waals surface area contributed by atoms with E-state index in [1.54, 1.807) is 6.92 Å². The molecule has 0 spiro atoms. The number of amides is 1. The Balaban J connectivity index is 1.61. The quantitative estimate of drug-likeness (QED) is 0.460. The number of nitrogens with zero attached hydrogens (tertiary/aromatic N) is 2. The lowest BCUT2D eigenvalue weighted by molar-refractivity contribution is -0.385. The maximum Gasteiger partial charge on any atom is 0.270 e. The highest BCUT2D eigenvalue weighted by molar-refractivity contribution is 7.89. The van der Waals surface area contributed by atoms with Crippen LogP contribution in [0.25, 0.3) is 0 Å². The number of nitro benzene ring substituents is 1. The van der Waals surface area contributed by atoms with Gasteiger partial charge >= 0.3 is 0 Å². The number of aryl methyl sites for hydroxylation is 1. The minimum atomic E-state index is -3.89. The van der Waals surface area contributed by atoms with Gasteiger partial charge in [-0.25, -0.2) is 8.42 Å². The van der Waals surface area contributed by atoms with E-state index in [9.17, 15) is 23.3 Å². The molecule has 1 heterocycles. The second-order valence-corrected chi connectivity index (χ2v) is 10.0. The second-order valence-electron chi connectivity index (χ2n) is 8.12. The third-order valence-corrected chi connectivity index (χ3v) is 7.92. The molecular formula is C23H29N3O6S. The van der Waals surface area contributed by atoms with Gasteiger partial charge in [0.05, 0.1) is 22.5 Å². The van der Waals surface area contributed by atoms with Crippen LogP contribution in [0.15, 0.2) is 47.4 Å². The highest BCUT2D eigenvalue weighted by Gasteiger charge is 2.34. The van der Waals surface area contributed by atoms with Crippen molar-refractivity contribution in [2.24, 2.45) is 5.92 Å². The topological polar surface area (TPSA) is 119 Å². The van der Waals surface area contributed by atoms with E-state index in [2.05, 4.69) is 5.32 Å². The molecule has 3 rings (SSSR count). The lowest BCUT2D eigenvalue weighted by atomic mass is 9.96. The van der Waals surface area contributed by atoms with Crippen LogP contribution in [0.5, 0.6) is 5.75 Å². The second kappa shape index (κ2) is 10.3. The summed E-state index contributed by atoms with van der Waals surface area (Å²) < 4.78 is 32.9. The Kier molecular flexibility index (Phi) is 7.70. The zero-order valence-electron chi connectivity index (χ0n) is 19.0. The fourth-order valence-electron chi connectivity index (χ4n) is 3.91. The Bertz CT molecular complexity index is 1110. The number of nitro groups is 1. The number of nitrogens with one attached hydrogen (secondary N) is 1. The van der Waals surface area contributed by atoms with Crippen LogP contribution in [-0.4, -0.2) is 43.2 Å². The van der Waals surface area contributed by atoms with Gasteiger partial charge in [-0.2, -0.15) is 4.31 Å². The summed E-state index contributed by atoms with van der Waals surface area (Å²) in [4.78, 5) is 23.2. The summed E-state index contributed by atoms with van der Waals surface area (Å²) in [5, 5.41) is 14.1. The van der Waals surface area contributed by atoms with Crippen LogP contribution in [-0.2, 0) is 14.8 Å². The molecule has 1 aliphatic heterocycles. The van der Waals surface area contributed by atoms with Crippen molar-refractivity contribution in [2.45, 2.75) is 44.6 Å². The molecule has 0 saturated carbocycles. The van der Waals surface area contributed by atoms with Gasteiger partial charge in [-0.05, 0) is 56.9 Å². The third-order valence-electron chi connectivity index (χ3n) is 5.87. The van der Waals surface area contributed by atoms with E-state index in [-0.39, 0.29) is 41.5 Å². The van der Waals surface area contributed by atoms with E-state index in [1.165, 1.54) is 16.4 Å². The molecule has 1 fully saturated rings. The largest absolute Gasteiger partial charge is 0.494 e. The summed E-state index contributed by atoms with van der Waals surface area (Å²) in [6.45, 7) is 6.37. The molecule has 0 radical (unpaired) electrons. The van der Waals surface area contributed by atoms with Gasteiger partial charge in [0.1, 0.15) is 5.75 Å². The van der Waals surface area contributed by atoms with Crippen LogP contribution in [0.4, 0.5) is 5.69 Å². The Labute approximate surface area is 193 Å². The number of hydrogen-bond donors (Lipinski definition) is 1. The van der Waals surface area contributed by atoms with E-state index in [1.807, 2.05) is 38.1 Å². The van der Waals surface area contributed by atoms with Gasteiger partial charge < -0.3 is 10.1 Å². The van der Waals surface area contributed by atoms with Crippen LogP contribution >= 0.6 is 0 Å². The van der Waals surface area contributed by atoms with Gasteiger partial charge in [-0.1, -0.05) is 18.2 Å². The zero-order valence-corrected chi connectivity index (χ0v) is 19.8. The first-order chi connectivity index (χ1) is 15.6. The van der Waals surface area contributed by atoms with Crippen molar-refractivity contribution in [3.8, 4) is 5.75 Å². The van der Waals surface area contributed by atoms with Gasteiger partial charge in [0.15, 0.2) is 0 Å². The predicted molar refractivity (Wildman–Crippen MR) is 123 cm³/mol. The number of non-ortho nitro benzene ring substituents is 1. The van der Waals surface area contributed by atoms with E-state index >= 15 is 0 Å². The van der Waals surface area contributed by atoms with Crippen molar-refractivity contribution in [1.29, 1.82) is 0 Å². The summed E-state index contributed by atoms with van der Waals surface area (Å²) >= 11 is 0. The number of ether oxygens (including phenoxy) is 1. The number of rotatable bonds is 8. The predicted octanol–water partition coefficient (Wildman–Crippen LogP) is 3.58. The molecule has 0 aromatic heterocycles. The van der Waals surface area contributed by atoms with Crippen LogP contribution in [0.1, 0.15) is 43.9 Å². The van der Waals surface area contributed by atoms with Crippen LogP contribution < -0.4 is 10.1 Å². The molecule has 1 saturated heterocycles. The lowest BCUT2D eigenvalue weighted by Gasteiger charge is -2.31. The van der Waals surface area contributed by atoms with Crippen molar-refractivity contribution in [3.05, 3.63) is 63.7 Å². The number of sulfonamides is 1. The molecule has 9 nitrogen and oxygen atoms in total. The Morgan fingerprint density at radius 1 is 1.21 bits per heavy atom. The summed E-state index contributed by atoms with van der Waals surface area (Å²) in [6, 6.07) is 11.2. The molecular weight excluding hydrogens is 446 g/mol. The van der Waals surface area contributed by atoms with Crippen LogP contribution in [0.2, 0.25) is 0 Å². The Morgan fingerprint density at radius 2 is 1.85 bits per heavy atom. The molecule has 178 valence electrons. The van der Waals surface area contributed by atoms with Gasteiger partial charge in [-0.3, -0.25) is 14.9 Å². The third kappa shape index (κ3) is 5.69. The number of benzene rings is 2. The summed E-state index contributed by atoms with van der Waals surface area (Å²) in [6.07, 6.45) is 0.768. The van der Waals surface area contributed by atoms with E-state index in [4.69, 9.17) is 4.74 Å². The first-order valence-corrected chi connectivity index (χ1v) is 12.4. The van der Waals surface area contributed by atoms with Crippen molar-refractivity contribution in [2.75, 3.05) is 19.7 Å². The monoisotopic (exact) mass is 475 g/mol. The highest BCUT2D eigenvalue weighted by atomic mass is 32.2. The standard InChI is InChI=1S/C23H29N3O6S/c1-4-32-21-9-6-18(7-10-21)17(3)24-23(27)19-11-13-25(14-12-19)33(30,31)22-15-20(26(28)29)8-5-16(22)2/h5-10,15,17,19H,4,11-14H2,1-3H3,(H,24,27). The Hall–Kier alpha value is -2.98. The van der Waals surface area contributed by atoms with Crippen molar-refractivity contribution in [3.63, 3.8) is 0 Å². The maximum atomic E-state index is 13.1. The first kappa shape index (κ1) is 24.7. The molecule has 33 heavy (non-hydrogen) atoms. The molecule has 1 N–H and O–H groups in total. The molecule has 2 aromatic carbocycles. The minimum absolute atomic E-state index is 0.0660. The number of piperidine rings is 1. The number of carbonyl (C=O) groups is 1.